The summed E-state index contributed by atoms with van der Waals surface area (Å²) in [7, 11) is 3.19. The number of fused-ring (bicyclic) bond motifs is 1. The van der Waals surface area contributed by atoms with Crippen LogP contribution in [-0.2, 0) is 11.3 Å². The molecule has 4 aromatic rings. The molecule has 1 fully saturated rings. The quantitative estimate of drug-likeness (QED) is 0.264. The van der Waals surface area contributed by atoms with E-state index in [4.69, 9.17) is 30.5 Å². The van der Waals surface area contributed by atoms with Crippen LogP contribution in [0.1, 0.15) is 15.9 Å². The minimum Gasteiger partial charge on any atom is -0.493 e. The average Bonchev–Trinajstić information content (AvgIpc) is 3.56. The number of halogens is 1. The van der Waals surface area contributed by atoms with E-state index in [2.05, 4.69) is 15.1 Å². The van der Waals surface area contributed by atoms with Crippen LogP contribution < -0.4 is 23.8 Å². The number of benzene rings is 3. The van der Waals surface area contributed by atoms with E-state index in [0.717, 1.165) is 16.9 Å². The number of rotatable bonds is 9. The molecular formula is C33H32ClN5O6. The highest BCUT2D eigenvalue weighted by molar-refractivity contribution is 6.33. The van der Waals surface area contributed by atoms with Crippen molar-refractivity contribution in [1.82, 2.24) is 20.0 Å². The van der Waals surface area contributed by atoms with Gasteiger partial charge in [-0.3, -0.25) is 9.59 Å². The van der Waals surface area contributed by atoms with Gasteiger partial charge in [0, 0.05) is 38.3 Å². The fraction of sp³-hybridized carbons (Fsp3) is 0.273. The predicted octanol–water partition coefficient (Wildman–Crippen LogP) is 4.53. The summed E-state index contributed by atoms with van der Waals surface area (Å²) < 4.78 is 21.7. The third-order valence-corrected chi connectivity index (χ3v) is 8.14. The number of amides is 2. The maximum absolute atomic E-state index is 13.6. The van der Waals surface area contributed by atoms with Crippen molar-refractivity contribution < 1.29 is 28.5 Å². The molecule has 0 N–H and O–H groups in total. The zero-order chi connectivity index (χ0) is 31.3. The third kappa shape index (κ3) is 6.58. The molecule has 0 bridgehead atoms. The summed E-state index contributed by atoms with van der Waals surface area (Å²) in [6, 6.07) is 21.8. The highest BCUT2D eigenvalue weighted by atomic mass is 35.5. The van der Waals surface area contributed by atoms with Crippen LogP contribution in [0.15, 0.2) is 72.8 Å². The number of anilines is 1. The lowest BCUT2D eigenvalue weighted by molar-refractivity contribution is -0.132. The summed E-state index contributed by atoms with van der Waals surface area (Å²) in [6.07, 6.45) is 0. The Kier molecular flexibility index (Phi) is 8.88. The third-order valence-electron chi connectivity index (χ3n) is 7.81. The largest absolute Gasteiger partial charge is 0.493 e. The Morgan fingerprint density at radius 3 is 2.38 bits per heavy atom. The second-order valence-electron chi connectivity index (χ2n) is 10.5. The van der Waals surface area contributed by atoms with Crippen LogP contribution in [-0.4, -0.2) is 85.5 Å². The van der Waals surface area contributed by atoms with Crippen LogP contribution in [0.25, 0.3) is 11.3 Å². The van der Waals surface area contributed by atoms with Crippen LogP contribution in [0, 0.1) is 0 Å². The second kappa shape index (κ2) is 13.3. The van der Waals surface area contributed by atoms with Crippen molar-refractivity contribution in [2.75, 3.05) is 58.6 Å². The SMILES string of the molecule is COc1ccc(-c2ccc(N3CCN(C(=O)CN(Cc4ccc5c(c4)OCO5)C(=O)c4ccccc4Cl)CC3)nn2)cc1OC. The molecule has 232 valence electrons. The lowest BCUT2D eigenvalue weighted by Gasteiger charge is -2.36. The first-order chi connectivity index (χ1) is 21.9. The van der Waals surface area contributed by atoms with Gasteiger partial charge in [0.05, 0.1) is 30.5 Å². The van der Waals surface area contributed by atoms with Crippen molar-refractivity contribution in [1.29, 1.82) is 0 Å². The Morgan fingerprint density at radius 2 is 1.64 bits per heavy atom. The van der Waals surface area contributed by atoms with Gasteiger partial charge in [0.15, 0.2) is 28.8 Å². The Labute approximate surface area is 265 Å². The predicted molar refractivity (Wildman–Crippen MR) is 168 cm³/mol. The van der Waals surface area contributed by atoms with E-state index in [-0.39, 0.29) is 31.7 Å². The van der Waals surface area contributed by atoms with Gasteiger partial charge in [-0.15, -0.1) is 10.2 Å². The van der Waals surface area contributed by atoms with Gasteiger partial charge in [-0.25, -0.2) is 0 Å². The Morgan fingerprint density at radius 1 is 0.867 bits per heavy atom. The van der Waals surface area contributed by atoms with Gasteiger partial charge in [-0.1, -0.05) is 29.8 Å². The van der Waals surface area contributed by atoms with Crippen molar-refractivity contribution >= 4 is 29.2 Å². The van der Waals surface area contributed by atoms with E-state index in [0.29, 0.717) is 65.5 Å². The monoisotopic (exact) mass is 629 g/mol. The minimum atomic E-state index is -0.324. The topological polar surface area (TPSA) is 107 Å². The fourth-order valence-electron chi connectivity index (χ4n) is 5.36. The summed E-state index contributed by atoms with van der Waals surface area (Å²) in [5.41, 5.74) is 2.72. The zero-order valence-electron chi connectivity index (χ0n) is 24.9. The van der Waals surface area contributed by atoms with E-state index in [1.165, 1.54) is 4.90 Å². The van der Waals surface area contributed by atoms with Gasteiger partial charge >= 0.3 is 0 Å². The molecule has 12 heteroatoms. The average molecular weight is 630 g/mol. The molecule has 11 nitrogen and oxygen atoms in total. The molecular weight excluding hydrogens is 598 g/mol. The Balaban J connectivity index is 1.11. The number of hydrogen-bond donors (Lipinski definition) is 0. The van der Waals surface area contributed by atoms with Crippen molar-refractivity contribution in [3.8, 4) is 34.3 Å². The first-order valence-corrected chi connectivity index (χ1v) is 14.8. The van der Waals surface area contributed by atoms with E-state index in [9.17, 15) is 9.59 Å². The zero-order valence-corrected chi connectivity index (χ0v) is 25.7. The summed E-state index contributed by atoms with van der Waals surface area (Å²) in [4.78, 5) is 32.6. The highest BCUT2D eigenvalue weighted by Gasteiger charge is 2.27. The smallest absolute Gasteiger partial charge is 0.256 e. The number of ether oxygens (including phenoxy) is 4. The normalized spacial score (nSPS) is 13.8. The van der Waals surface area contributed by atoms with Gasteiger partial charge in [-0.05, 0) is 60.2 Å². The molecule has 3 aromatic carbocycles. The molecule has 2 aliphatic heterocycles. The molecule has 0 radical (unpaired) electrons. The van der Waals surface area contributed by atoms with Crippen LogP contribution in [0.5, 0.6) is 23.0 Å². The van der Waals surface area contributed by atoms with Gasteiger partial charge in [0.1, 0.15) is 6.54 Å². The first kappa shape index (κ1) is 30.0. The van der Waals surface area contributed by atoms with Crippen molar-refractivity contribution in [3.63, 3.8) is 0 Å². The molecule has 2 aliphatic rings. The Bertz CT molecular complexity index is 1690. The maximum atomic E-state index is 13.6. The summed E-state index contributed by atoms with van der Waals surface area (Å²) in [5, 5.41) is 9.20. The number of aromatic nitrogens is 2. The molecule has 3 heterocycles. The molecule has 45 heavy (non-hydrogen) atoms. The number of methoxy groups -OCH3 is 2. The number of piperazine rings is 1. The van der Waals surface area contributed by atoms with Crippen LogP contribution in [0.2, 0.25) is 5.02 Å². The Hall–Kier alpha value is -5.03. The standard InChI is InChI=1S/C33H32ClN5O6/c1-42-27-11-8-23(18-29(27)43-2)26-9-12-31(36-35-26)37-13-15-38(16-14-37)32(40)20-39(33(41)24-5-3-4-6-25(24)34)19-22-7-10-28-30(17-22)45-21-44-28/h3-12,17-18H,13-16,19-21H2,1-2H3. The number of carbonyl (C=O) groups excluding carboxylic acids is 2. The van der Waals surface area contributed by atoms with Crippen LogP contribution in [0.3, 0.4) is 0 Å². The second-order valence-corrected chi connectivity index (χ2v) is 11.0. The molecule has 0 spiro atoms. The lowest BCUT2D eigenvalue weighted by Crippen LogP contribution is -2.52. The van der Waals surface area contributed by atoms with Gasteiger partial charge in [0.25, 0.3) is 5.91 Å². The molecule has 1 aromatic heterocycles. The van der Waals surface area contributed by atoms with Crippen LogP contribution >= 0.6 is 11.6 Å². The molecule has 2 amide bonds. The molecule has 0 unspecified atom stereocenters. The molecule has 0 saturated carbocycles. The fourth-order valence-corrected chi connectivity index (χ4v) is 5.57. The minimum absolute atomic E-state index is 0.0989. The van der Waals surface area contributed by atoms with Gasteiger partial charge in [0.2, 0.25) is 12.7 Å². The number of hydrogen-bond acceptors (Lipinski definition) is 9. The van der Waals surface area contributed by atoms with E-state index in [1.807, 2.05) is 42.5 Å². The van der Waals surface area contributed by atoms with E-state index in [1.54, 1.807) is 49.5 Å². The van der Waals surface area contributed by atoms with Gasteiger partial charge < -0.3 is 33.6 Å². The van der Waals surface area contributed by atoms with E-state index < -0.39 is 0 Å². The molecule has 1 saturated heterocycles. The summed E-state index contributed by atoms with van der Waals surface area (Å²) in [5.74, 6) is 2.77. The highest BCUT2D eigenvalue weighted by Crippen LogP contribution is 2.34. The molecule has 0 atom stereocenters. The summed E-state index contributed by atoms with van der Waals surface area (Å²) >= 11 is 6.37. The van der Waals surface area contributed by atoms with Gasteiger partial charge in [-0.2, -0.15) is 0 Å². The maximum Gasteiger partial charge on any atom is 0.256 e. The van der Waals surface area contributed by atoms with Crippen LogP contribution in [0.4, 0.5) is 5.82 Å². The van der Waals surface area contributed by atoms with Crippen molar-refractivity contribution in [2.45, 2.75) is 6.54 Å². The lowest BCUT2D eigenvalue weighted by atomic mass is 10.1. The van der Waals surface area contributed by atoms with Crippen molar-refractivity contribution in [2.24, 2.45) is 0 Å². The summed E-state index contributed by atoms with van der Waals surface area (Å²) in [6.45, 7) is 2.38. The molecule has 6 rings (SSSR count). The van der Waals surface area contributed by atoms with Crippen molar-refractivity contribution in [3.05, 3.63) is 88.9 Å². The molecule has 0 aliphatic carbocycles. The van der Waals surface area contributed by atoms with E-state index >= 15 is 0 Å². The number of nitrogens with zero attached hydrogens (tertiary/aromatic N) is 5. The number of carbonyl (C=O) groups is 2. The first-order valence-electron chi connectivity index (χ1n) is 14.4.